The van der Waals surface area contributed by atoms with Gasteiger partial charge < -0.3 is 0 Å². The van der Waals surface area contributed by atoms with Crippen LogP contribution in [0.4, 0.5) is 0 Å². The number of rotatable bonds is 4. The van der Waals surface area contributed by atoms with Crippen LogP contribution in [0.3, 0.4) is 0 Å². The molecule has 116 valence electrons. The highest BCUT2D eigenvalue weighted by Crippen LogP contribution is 2.45. The van der Waals surface area contributed by atoms with Gasteiger partial charge in [0.05, 0.1) is 4.21 Å². The Bertz CT molecular complexity index is 910. The molecule has 0 aliphatic rings. The minimum absolute atomic E-state index is 1.27. The van der Waals surface area contributed by atoms with E-state index in [4.69, 9.17) is 0 Å². The van der Waals surface area contributed by atoms with E-state index in [1.807, 2.05) is 23.1 Å². The van der Waals surface area contributed by atoms with E-state index in [1.54, 1.807) is 0 Å². The molecule has 0 N–H and O–H groups in total. The Morgan fingerprint density at radius 3 is 1.75 bits per heavy atom. The summed E-state index contributed by atoms with van der Waals surface area (Å²) in [6.45, 7) is 0. The molecule has 2 heteroatoms. The van der Waals surface area contributed by atoms with Crippen molar-refractivity contribution in [3.8, 4) is 21.6 Å². The van der Waals surface area contributed by atoms with Crippen molar-refractivity contribution < 1.29 is 0 Å². The summed E-state index contributed by atoms with van der Waals surface area (Å²) in [4.78, 5) is 2.59. The van der Waals surface area contributed by atoms with Gasteiger partial charge in [-0.1, -0.05) is 90.6 Å². The number of hydrogen-bond donors (Lipinski definition) is 0. The lowest BCUT2D eigenvalue weighted by Gasteiger charge is -2.03. The summed E-state index contributed by atoms with van der Waals surface area (Å²) in [6.07, 6.45) is 0. The first kappa shape index (κ1) is 15.3. The Hall–Kier alpha value is -2.29. The van der Waals surface area contributed by atoms with Gasteiger partial charge in [0, 0.05) is 15.3 Å². The normalized spacial score (nSPS) is 10.7. The van der Waals surface area contributed by atoms with Crippen molar-refractivity contribution in [3.63, 3.8) is 0 Å². The van der Waals surface area contributed by atoms with Gasteiger partial charge in [-0.05, 0) is 29.3 Å². The zero-order chi connectivity index (χ0) is 16.2. The highest BCUT2D eigenvalue weighted by atomic mass is 32.2. The molecule has 0 aliphatic heterocycles. The van der Waals surface area contributed by atoms with Crippen LogP contribution in [0.5, 0.6) is 0 Å². The largest absolute Gasteiger partial charge is 0.128 e. The molecule has 3 aromatic carbocycles. The minimum atomic E-state index is 1.27. The number of hydrogen-bond acceptors (Lipinski definition) is 2. The third-order valence-electron chi connectivity index (χ3n) is 3.79. The predicted molar refractivity (Wildman–Crippen MR) is 106 cm³/mol. The molecular weight excluding hydrogens is 328 g/mol. The van der Waals surface area contributed by atoms with E-state index in [2.05, 4.69) is 97.1 Å². The van der Waals surface area contributed by atoms with Crippen molar-refractivity contribution in [3.05, 3.63) is 97.1 Å². The van der Waals surface area contributed by atoms with Gasteiger partial charge in [-0.2, -0.15) is 0 Å². The third kappa shape index (κ3) is 3.30. The van der Waals surface area contributed by atoms with Gasteiger partial charge in [0.1, 0.15) is 0 Å². The molecule has 4 rings (SSSR count). The summed E-state index contributed by atoms with van der Waals surface area (Å²) in [5.41, 5.74) is 3.86. The van der Waals surface area contributed by atoms with E-state index in [9.17, 15) is 0 Å². The Kier molecular flexibility index (Phi) is 4.50. The molecule has 0 spiro atoms. The first-order chi connectivity index (χ1) is 11.9. The van der Waals surface area contributed by atoms with Gasteiger partial charge in [-0.3, -0.25) is 0 Å². The lowest BCUT2D eigenvalue weighted by atomic mass is 10.1. The summed E-state index contributed by atoms with van der Waals surface area (Å²) < 4.78 is 1.34. The van der Waals surface area contributed by atoms with Crippen molar-refractivity contribution in [1.29, 1.82) is 0 Å². The SMILES string of the molecule is c1ccc(Sc2sc(-c3ccccc3)cc2-c2ccccc2)cc1. The topological polar surface area (TPSA) is 0 Å². The van der Waals surface area contributed by atoms with Crippen LogP contribution in [0.15, 0.2) is 106 Å². The highest BCUT2D eigenvalue weighted by molar-refractivity contribution is 8.01. The lowest BCUT2D eigenvalue weighted by Crippen LogP contribution is -1.76. The monoisotopic (exact) mass is 344 g/mol. The smallest absolute Gasteiger partial charge is 0.0731 e. The van der Waals surface area contributed by atoms with E-state index in [-0.39, 0.29) is 0 Å². The summed E-state index contributed by atoms with van der Waals surface area (Å²) in [5, 5.41) is 0. The van der Waals surface area contributed by atoms with E-state index in [1.165, 1.54) is 30.7 Å². The number of thiophene rings is 1. The zero-order valence-electron chi connectivity index (χ0n) is 13.1. The molecule has 0 fully saturated rings. The van der Waals surface area contributed by atoms with Crippen LogP contribution in [-0.4, -0.2) is 0 Å². The Balaban J connectivity index is 1.80. The van der Waals surface area contributed by atoms with E-state index in [0.29, 0.717) is 0 Å². The molecule has 0 atom stereocenters. The highest BCUT2D eigenvalue weighted by Gasteiger charge is 2.13. The van der Waals surface area contributed by atoms with Gasteiger partial charge in [0.15, 0.2) is 0 Å². The van der Waals surface area contributed by atoms with Crippen molar-refractivity contribution in [1.82, 2.24) is 0 Å². The van der Waals surface area contributed by atoms with E-state index < -0.39 is 0 Å². The number of benzene rings is 3. The molecule has 0 radical (unpaired) electrons. The fourth-order valence-corrected chi connectivity index (χ4v) is 5.05. The van der Waals surface area contributed by atoms with E-state index >= 15 is 0 Å². The minimum Gasteiger partial charge on any atom is -0.128 e. The lowest BCUT2D eigenvalue weighted by molar-refractivity contribution is 1.46. The van der Waals surface area contributed by atoms with E-state index in [0.717, 1.165) is 0 Å². The second-order valence-corrected chi connectivity index (χ2v) is 7.85. The second-order valence-electron chi connectivity index (χ2n) is 5.46. The van der Waals surface area contributed by atoms with Crippen molar-refractivity contribution in [2.45, 2.75) is 9.10 Å². The fraction of sp³-hybridized carbons (Fsp3) is 0. The molecule has 0 saturated heterocycles. The standard InChI is InChI=1S/C22H16S2/c1-4-10-17(11-5-1)20-16-21(18-12-6-2-7-13-18)24-22(20)23-19-14-8-3-9-15-19/h1-16H. The van der Waals surface area contributed by atoms with Crippen LogP contribution < -0.4 is 0 Å². The van der Waals surface area contributed by atoms with Gasteiger partial charge in [0.25, 0.3) is 0 Å². The van der Waals surface area contributed by atoms with Gasteiger partial charge in [-0.25, -0.2) is 0 Å². The summed E-state index contributed by atoms with van der Waals surface area (Å²) in [6, 6.07) is 34.2. The van der Waals surface area contributed by atoms with Gasteiger partial charge >= 0.3 is 0 Å². The Morgan fingerprint density at radius 1 is 0.583 bits per heavy atom. The molecule has 1 aromatic heterocycles. The Labute approximate surface area is 150 Å². The average Bonchev–Trinajstić information content (AvgIpc) is 3.08. The van der Waals surface area contributed by atoms with Gasteiger partial charge in [0.2, 0.25) is 0 Å². The first-order valence-electron chi connectivity index (χ1n) is 7.88. The average molecular weight is 345 g/mol. The maximum atomic E-state index is 2.32. The molecule has 0 bridgehead atoms. The third-order valence-corrected chi connectivity index (χ3v) is 6.19. The molecule has 0 aliphatic carbocycles. The Morgan fingerprint density at radius 2 is 1.12 bits per heavy atom. The molecule has 0 nitrogen and oxygen atoms in total. The molecule has 0 saturated carbocycles. The quantitative estimate of drug-likeness (QED) is 0.376. The maximum absolute atomic E-state index is 2.32. The molecule has 0 amide bonds. The van der Waals surface area contributed by atoms with Crippen LogP contribution in [0.2, 0.25) is 0 Å². The van der Waals surface area contributed by atoms with Crippen LogP contribution >= 0.6 is 23.1 Å². The van der Waals surface area contributed by atoms with Crippen LogP contribution in [0.25, 0.3) is 21.6 Å². The predicted octanol–water partition coefficient (Wildman–Crippen LogP) is 7.23. The summed E-state index contributed by atoms with van der Waals surface area (Å²) in [5.74, 6) is 0. The molecular formula is C22H16S2. The van der Waals surface area contributed by atoms with Crippen LogP contribution in [0, 0.1) is 0 Å². The zero-order valence-corrected chi connectivity index (χ0v) is 14.7. The van der Waals surface area contributed by atoms with Crippen LogP contribution in [0.1, 0.15) is 0 Å². The molecule has 1 heterocycles. The molecule has 0 unspecified atom stereocenters. The van der Waals surface area contributed by atoms with Crippen molar-refractivity contribution in [2.75, 3.05) is 0 Å². The van der Waals surface area contributed by atoms with Crippen LogP contribution in [-0.2, 0) is 0 Å². The maximum Gasteiger partial charge on any atom is 0.0731 e. The van der Waals surface area contributed by atoms with Crippen molar-refractivity contribution in [2.24, 2.45) is 0 Å². The second kappa shape index (κ2) is 7.08. The first-order valence-corrected chi connectivity index (χ1v) is 9.51. The molecule has 24 heavy (non-hydrogen) atoms. The summed E-state index contributed by atoms with van der Waals surface area (Å²) >= 11 is 3.71. The fourth-order valence-electron chi connectivity index (χ4n) is 2.61. The molecule has 4 aromatic rings. The summed E-state index contributed by atoms with van der Waals surface area (Å²) in [7, 11) is 0. The van der Waals surface area contributed by atoms with Gasteiger partial charge in [-0.15, -0.1) is 11.3 Å². The van der Waals surface area contributed by atoms with Crippen molar-refractivity contribution >= 4 is 23.1 Å².